The molecule has 0 fully saturated rings. The SMILES string of the molecule is CCCNCCNCc1ccccc1Cl. The molecule has 0 aliphatic heterocycles. The van der Waals surface area contributed by atoms with E-state index in [1.165, 1.54) is 6.42 Å². The molecule has 0 saturated carbocycles. The summed E-state index contributed by atoms with van der Waals surface area (Å²) in [5.74, 6) is 0. The summed E-state index contributed by atoms with van der Waals surface area (Å²) in [7, 11) is 0. The van der Waals surface area contributed by atoms with Crippen molar-refractivity contribution >= 4 is 11.6 Å². The third-order valence-corrected chi connectivity index (χ3v) is 2.55. The van der Waals surface area contributed by atoms with Crippen LogP contribution < -0.4 is 10.6 Å². The lowest BCUT2D eigenvalue weighted by atomic mass is 10.2. The predicted octanol–water partition coefficient (Wildman–Crippen LogP) is 2.43. The molecule has 1 aromatic rings. The normalized spacial score (nSPS) is 10.5. The van der Waals surface area contributed by atoms with Gasteiger partial charge in [-0.3, -0.25) is 0 Å². The summed E-state index contributed by atoms with van der Waals surface area (Å²) in [6.45, 7) is 6.09. The molecule has 0 aliphatic rings. The van der Waals surface area contributed by atoms with Gasteiger partial charge in [-0.2, -0.15) is 0 Å². The molecule has 15 heavy (non-hydrogen) atoms. The lowest BCUT2D eigenvalue weighted by Gasteiger charge is -2.07. The monoisotopic (exact) mass is 226 g/mol. The van der Waals surface area contributed by atoms with E-state index in [0.29, 0.717) is 0 Å². The van der Waals surface area contributed by atoms with Crippen LogP contribution in [0.2, 0.25) is 5.02 Å². The van der Waals surface area contributed by atoms with Crippen LogP contribution in [0.1, 0.15) is 18.9 Å². The van der Waals surface area contributed by atoms with Crippen molar-refractivity contribution in [2.24, 2.45) is 0 Å². The van der Waals surface area contributed by atoms with E-state index in [4.69, 9.17) is 11.6 Å². The first kappa shape index (κ1) is 12.5. The predicted molar refractivity (Wildman–Crippen MR) is 66.3 cm³/mol. The highest BCUT2D eigenvalue weighted by Gasteiger charge is 1.96. The van der Waals surface area contributed by atoms with Crippen molar-refractivity contribution in [1.82, 2.24) is 10.6 Å². The van der Waals surface area contributed by atoms with Gasteiger partial charge in [0.15, 0.2) is 0 Å². The van der Waals surface area contributed by atoms with Crippen LogP contribution in [0.3, 0.4) is 0 Å². The highest BCUT2D eigenvalue weighted by atomic mass is 35.5. The van der Waals surface area contributed by atoms with E-state index in [1.807, 2.05) is 18.2 Å². The summed E-state index contributed by atoms with van der Waals surface area (Å²) in [6, 6.07) is 7.94. The largest absolute Gasteiger partial charge is 0.315 e. The van der Waals surface area contributed by atoms with E-state index >= 15 is 0 Å². The van der Waals surface area contributed by atoms with Gasteiger partial charge in [-0.15, -0.1) is 0 Å². The molecule has 2 nitrogen and oxygen atoms in total. The second kappa shape index (κ2) is 7.69. The fraction of sp³-hybridized carbons (Fsp3) is 0.500. The van der Waals surface area contributed by atoms with Crippen LogP contribution in [0, 0.1) is 0 Å². The third kappa shape index (κ3) is 5.17. The molecule has 0 heterocycles. The maximum absolute atomic E-state index is 6.03. The molecule has 84 valence electrons. The van der Waals surface area contributed by atoms with Gasteiger partial charge in [0, 0.05) is 24.7 Å². The standard InChI is InChI=1S/C12H19ClN2/c1-2-7-14-8-9-15-10-11-5-3-4-6-12(11)13/h3-6,14-15H,2,7-10H2,1H3. The Hall–Kier alpha value is -0.570. The van der Waals surface area contributed by atoms with Gasteiger partial charge in [0.05, 0.1) is 0 Å². The molecule has 0 saturated heterocycles. The van der Waals surface area contributed by atoms with Gasteiger partial charge in [-0.25, -0.2) is 0 Å². The quantitative estimate of drug-likeness (QED) is 0.698. The average Bonchev–Trinajstić information content (AvgIpc) is 2.25. The molecule has 0 atom stereocenters. The number of benzene rings is 1. The van der Waals surface area contributed by atoms with E-state index in [0.717, 1.165) is 36.8 Å². The van der Waals surface area contributed by atoms with Crippen molar-refractivity contribution in [3.8, 4) is 0 Å². The summed E-state index contributed by atoms with van der Waals surface area (Å²) in [5, 5.41) is 7.53. The zero-order valence-electron chi connectivity index (χ0n) is 9.22. The van der Waals surface area contributed by atoms with Gasteiger partial charge in [0.2, 0.25) is 0 Å². The Bertz CT molecular complexity index is 276. The van der Waals surface area contributed by atoms with Crippen LogP contribution in [-0.2, 0) is 6.54 Å². The Morgan fingerprint density at radius 1 is 1.07 bits per heavy atom. The minimum Gasteiger partial charge on any atom is -0.315 e. The van der Waals surface area contributed by atoms with Gasteiger partial charge in [0.25, 0.3) is 0 Å². The van der Waals surface area contributed by atoms with E-state index < -0.39 is 0 Å². The average molecular weight is 227 g/mol. The lowest BCUT2D eigenvalue weighted by Crippen LogP contribution is -2.27. The number of nitrogens with one attached hydrogen (secondary N) is 2. The number of halogens is 1. The van der Waals surface area contributed by atoms with E-state index in [-0.39, 0.29) is 0 Å². The molecule has 0 aliphatic carbocycles. The minimum absolute atomic E-state index is 0.839. The van der Waals surface area contributed by atoms with Crippen LogP contribution in [0.25, 0.3) is 0 Å². The summed E-state index contributed by atoms with van der Waals surface area (Å²) in [4.78, 5) is 0. The van der Waals surface area contributed by atoms with Crippen molar-refractivity contribution in [3.63, 3.8) is 0 Å². The lowest BCUT2D eigenvalue weighted by molar-refractivity contribution is 0.607. The summed E-state index contributed by atoms with van der Waals surface area (Å²) in [6.07, 6.45) is 1.19. The highest BCUT2D eigenvalue weighted by molar-refractivity contribution is 6.31. The van der Waals surface area contributed by atoms with Gasteiger partial charge in [-0.1, -0.05) is 36.7 Å². The molecular weight excluding hydrogens is 208 g/mol. The summed E-state index contributed by atoms with van der Waals surface area (Å²) < 4.78 is 0. The van der Waals surface area contributed by atoms with Crippen molar-refractivity contribution in [3.05, 3.63) is 34.9 Å². The molecule has 2 N–H and O–H groups in total. The second-order valence-corrected chi connectivity index (χ2v) is 3.93. The van der Waals surface area contributed by atoms with Crippen molar-refractivity contribution < 1.29 is 0 Å². The summed E-state index contributed by atoms with van der Waals surface area (Å²) >= 11 is 6.03. The Balaban J connectivity index is 2.12. The molecule has 0 aromatic heterocycles. The van der Waals surface area contributed by atoms with Gasteiger partial charge in [0.1, 0.15) is 0 Å². The first-order valence-electron chi connectivity index (χ1n) is 5.49. The zero-order chi connectivity index (χ0) is 10.9. The van der Waals surface area contributed by atoms with Gasteiger partial charge >= 0.3 is 0 Å². The number of rotatable bonds is 7. The van der Waals surface area contributed by atoms with Crippen LogP contribution in [0.5, 0.6) is 0 Å². The van der Waals surface area contributed by atoms with Crippen molar-refractivity contribution in [1.29, 1.82) is 0 Å². The molecule has 0 spiro atoms. The maximum Gasteiger partial charge on any atom is 0.0450 e. The molecule has 1 aromatic carbocycles. The smallest absolute Gasteiger partial charge is 0.0450 e. The van der Waals surface area contributed by atoms with Crippen molar-refractivity contribution in [2.45, 2.75) is 19.9 Å². The topological polar surface area (TPSA) is 24.1 Å². The van der Waals surface area contributed by atoms with E-state index in [1.54, 1.807) is 0 Å². The minimum atomic E-state index is 0.839. The Kier molecular flexibility index (Phi) is 6.41. The van der Waals surface area contributed by atoms with E-state index in [2.05, 4.69) is 23.6 Å². The molecular formula is C12H19ClN2. The Labute approximate surface area is 97.0 Å². The first-order chi connectivity index (χ1) is 7.34. The van der Waals surface area contributed by atoms with Crippen molar-refractivity contribution in [2.75, 3.05) is 19.6 Å². The van der Waals surface area contributed by atoms with Crippen LogP contribution in [0.15, 0.2) is 24.3 Å². The van der Waals surface area contributed by atoms with Crippen LogP contribution >= 0.6 is 11.6 Å². The Morgan fingerprint density at radius 3 is 2.53 bits per heavy atom. The fourth-order valence-electron chi connectivity index (χ4n) is 1.34. The molecule has 0 unspecified atom stereocenters. The maximum atomic E-state index is 6.03. The molecule has 0 bridgehead atoms. The second-order valence-electron chi connectivity index (χ2n) is 3.52. The van der Waals surface area contributed by atoms with Gasteiger partial charge in [-0.05, 0) is 24.6 Å². The zero-order valence-corrected chi connectivity index (χ0v) is 9.98. The molecule has 3 heteroatoms. The van der Waals surface area contributed by atoms with E-state index in [9.17, 15) is 0 Å². The fourth-order valence-corrected chi connectivity index (χ4v) is 1.55. The number of hydrogen-bond acceptors (Lipinski definition) is 2. The highest BCUT2D eigenvalue weighted by Crippen LogP contribution is 2.13. The first-order valence-corrected chi connectivity index (χ1v) is 5.87. The molecule has 1 rings (SSSR count). The Morgan fingerprint density at radius 2 is 1.80 bits per heavy atom. The summed E-state index contributed by atoms with van der Waals surface area (Å²) in [5.41, 5.74) is 1.16. The van der Waals surface area contributed by atoms with Crippen LogP contribution in [-0.4, -0.2) is 19.6 Å². The number of hydrogen-bond donors (Lipinski definition) is 2. The third-order valence-electron chi connectivity index (χ3n) is 2.18. The molecule has 0 amide bonds. The molecule has 0 radical (unpaired) electrons. The van der Waals surface area contributed by atoms with Gasteiger partial charge < -0.3 is 10.6 Å². The van der Waals surface area contributed by atoms with Crippen LogP contribution in [0.4, 0.5) is 0 Å².